The first-order chi connectivity index (χ1) is 22.0. The number of nitrogens with two attached hydrogens (primary N) is 1. The van der Waals surface area contributed by atoms with Crippen molar-refractivity contribution in [1.82, 2.24) is 19.9 Å². The number of rotatable bonds is 6. The van der Waals surface area contributed by atoms with Gasteiger partial charge in [-0.2, -0.15) is 13.5 Å². The largest absolute Gasteiger partial charge is 0.381 e. The van der Waals surface area contributed by atoms with Crippen molar-refractivity contribution in [2.45, 2.75) is 44.9 Å². The van der Waals surface area contributed by atoms with Gasteiger partial charge >= 0.3 is 10.1 Å². The van der Waals surface area contributed by atoms with Crippen LogP contribution in [-0.2, 0) is 23.1 Å². The number of nitrogens with zero attached hydrogens (tertiary/aromatic N) is 4. The number of aryl methyl sites for hydroxylation is 3. The first-order valence-corrected chi connectivity index (χ1v) is 17.0. The molecule has 0 unspecified atom stereocenters. The second-order valence-electron chi connectivity index (χ2n) is 11.0. The highest BCUT2D eigenvalue weighted by Gasteiger charge is 2.23. The molecule has 4 heterocycles. The summed E-state index contributed by atoms with van der Waals surface area (Å²) < 4.78 is 41.8. The maximum absolute atomic E-state index is 12.2. The minimum atomic E-state index is -4.36. The number of pyridine rings is 1. The molecular formula is C35H33N5O4S2. The normalized spacial score (nSPS) is 11.6. The van der Waals surface area contributed by atoms with Crippen molar-refractivity contribution in [3.63, 3.8) is 0 Å². The summed E-state index contributed by atoms with van der Waals surface area (Å²) in [4.78, 5) is 4.80. The second kappa shape index (κ2) is 12.5. The third kappa shape index (κ3) is 6.04. The van der Waals surface area contributed by atoms with Gasteiger partial charge in [0, 0.05) is 43.6 Å². The monoisotopic (exact) mass is 651 g/mol. The van der Waals surface area contributed by atoms with Crippen LogP contribution in [0.5, 0.6) is 0 Å². The van der Waals surface area contributed by atoms with E-state index in [1.54, 1.807) is 0 Å². The Morgan fingerprint density at radius 3 is 2.24 bits per heavy atom. The molecule has 0 atom stereocenters. The lowest BCUT2D eigenvalue weighted by atomic mass is 10.0. The summed E-state index contributed by atoms with van der Waals surface area (Å²) in [6.07, 6.45) is 0.835. The Kier molecular flexibility index (Phi) is 8.47. The fourth-order valence-electron chi connectivity index (χ4n) is 5.40. The molecule has 4 aromatic heterocycles. The van der Waals surface area contributed by atoms with Gasteiger partial charge in [0.1, 0.15) is 11.5 Å². The lowest BCUT2D eigenvalue weighted by Crippen LogP contribution is -2.03. The Labute approximate surface area is 271 Å². The maximum Gasteiger partial charge on any atom is 0.304 e. The van der Waals surface area contributed by atoms with Crippen LogP contribution in [-0.4, -0.2) is 32.9 Å². The van der Waals surface area contributed by atoms with E-state index in [-0.39, 0.29) is 4.21 Å². The van der Waals surface area contributed by atoms with E-state index in [0.29, 0.717) is 17.9 Å². The lowest BCUT2D eigenvalue weighted by Gasteiger charge is -2.08. The highest BCUT2D eigenvalue weighted by molar-refractivity contribution is 7.88. The number of fused-ring (bicyclic) bond motifs is 2. The van der Waals surface area contributed by atoms with Crippen molar-refractivity contribution < 1.29 is 17.5 Å². The van der Waals surface area contributed by atoms with Crippen LogP contribution in [0, 0.1) is 20.8 Å². The van der Waals surface area contributed by atoms with Crippen LogP contribution >= 0.6 is 11.3 Å². The maximum atomic E-state index is 12.2. The molecule has 11 heteroatoms. The predicted octanol–water partition coefficient (Wildman–Crippen LogP) is 8.02. The zero-order chi connectivity index (χ0) is 32.6. The standard InChI is InChI=1S/C30H25N3O3S2.C5H8N2O/c1-3-23-17-25-27(19(2)31-23)29(22-9-5-4-6-10-22)32-33(25)18-20-13-15-21(16-14-20)28-24-11-7-8-12-26(24)37-30(28)38(34,35)36;1-3-4(2)8-7-5(3)6/h4-17H,3,18H2,1-2H3,(H,34,35,36);1-2H3,(H2,6,7). The van der Waals surface area contributed by atoms with Gasteiger partial charge in [0.15, 0.2) is 10.0 Å². The van der Waals surface area contributed by atoms with Crippen LogP contribution in [0.4, 0.5) is 5.82 Å². The van der Waals surface area contributed by atoms with Gasteiger partial charge in [0.05, 0.1) is 12.1 Å². The van der Waals surface area contributed by atoms with Crippen molar-refractivity contribution in [2.75, 3.05) is 5.73 Å². The Hall–Kier alpha value is -4.84. The Balaban J connectivity index is 0.000000407. The SMILES string of the molecule is CCc1cc2c(c(C)n1)c(-c1ccccc1)nn2Cc1ccc(-c2c(S(=O)(=O)O)sc3ccccc23)cc1.Cc1onc(N)c1C. The van der Waals surface area contributed by atoms with Gasteiger partial charge in [-0.15, -0.1) is 11.3 Å². The molecule has 0 bridgehead atoms. The van der Waals surface area contributed by atoms with Gasteiger partial charge in [-0.1, -0.05) is 84.9 Å². The van der Waals surface area contributed by atoms with Crippen LogP contribution in [0.15, 0.2) is 93.7 Å². The Bertz CT molecular complexity index is 2270. The van der Waals surface area contributed by atoms with Crippen LogP contribution in [0.3, 0.4) is 0 Å². The third-order valence-corrected chi connectivity index (χ3v) is 10.5. The summed E-state index contributed by atoms with van der Waals surface area (Å²) in [5.41, 5.74) is 13.5. The number of aromatic nitrogens is 4. The Morgan fingerprint density at radius 2 is 1.63 bits per heavy atom. The van der Waals surface area contributed by atoms with Crippen molar-refractivity contribution >= 4 is 48.3 Å². The van der Waals surface area contributed by atoms with E-state index in [0.717, 1.165) is 83.8 Å². The third-order valence-electron chi connectivity index (χ3n) is 7.94. The van der Waals surface area contributed by atoms with Crippen molar-refractivity contribution in [3.05, 3.63) is 113 Å². The molecule has 3 aromatic carbocycles. The zero-order valence-electron chi connectivity index (χ0n) is 25.9. The molecule has 0 amide bonds. The minimum Gasteiger partial charge on any atom is -0.381 e. The molecule has 234 valence electrons. The smallest absolute Gasteiger partial charge is 0.304 e. The van der Waals surface area contributed by atoms with Crippen LogP contribution in [0.1, 0.15) is 35.2 Å². The molecule has 0 fully saturated rings. The van der Waals surface area contributed by atoms with Gasteiger partial charge in [-0.3, -0.25) is 14.2 Å². The summed E-state index contributed by atoms with van der Waals surface area (Å²) in [7, 11) is -4.36. The second-order valence-corrected chi connectivity index (χ2v) is 13.7. The van der Waals surface area contributed by atoms with E-state index in [1.165, 1.54) is 0 Å². The molecule has 7 aromatic rings. The van der Waals surface area contributed by atoms with Crippen LogP contribution in [0.2, 0.25) is 0 Å². The number of nitrogen functional groups attached to an aromatic ring is 1. The summed E-state index contributed by atoms with van der Waals surface area (Å²) >= 11 is 1.08. The molecule has 9 nitrogen and oxygen atoms in total. The van der Waals surface area contributed by atoms with Crippen LogP contribution in [0.25, 0.3) is 43.4 Å². The molecule has 0 saturated heterocycles. The molecule has 3 N–H and O–H groups in total. The quantitative estimate of drug-likeness (QED) is 0.173. The molecule has 0 radical (unpaired) electrons. The first kappa shape index (κ1) is 31.2. The molecule has 0 aliphatic heterocycles. The van der Waals surface area contributed by atoms with Crippen LogP contribution < -0.4 is 5.73 Å². The molecular weight excluding hydrogens is 619 g/mol. The topological polar surface area (TPSA) is 137 Å². The fraction of sp³-hybridized carbons (Fsp3) is 0.171. The molecule has 0 spiro atoms. The number of hydrogen-bond acceptors (Lipinski definition) is 8. The molecule has 0 aliphatic rings. The Morgan fingerprint density at radius 1 is 0.935 bits per heavy atom. The fourth-order valence-corrected chi connectivity index (χ4v) is 7.53. The highest BCUT2D eigenvalue weighted by Crippen LogP contribution is 2.41. The lowest BCUT2D eigenvalue weighted by molar-refractivity contribution is 0.399. The first-order valence-electron chi connectivity index (χ1n) is 14.7. The number of anilines is 1. The van der Waals surface area contributed by atoms with E-state index in [1.807, 2.05) is 92.2 Å². The highest BCUT2D eigenvalue weighted by atomic mass is 32.3. The van der Waals surface area contributed by atoms with Crippen molar-refractivity contribution in [3.8, 4) is 22.4 Å². The minimum absolute atomic E-state index is 0.0351. The average Bonchev–Trinajstić information content (AvgIpc) is 3.72. The van der Waals surface area contributed by atoms with Gasteiger partial charge in [0.25, 0.3) is 0 Å². The zero-order valence-corrected chi connectivity index (χ0v) is 27.5. The number of thiophene rings is 1. The number of benzene rings is 3. The number of hydrogen-bond donors (Lipinski definition) is 2. The van der Waals surface area contributed by atoms with Crippen molar-refractivity contribution in [1.29, 1.82) is 0 Å². The van der Waals surface area contributed by atoms with Gasteiger partial charge in [0.2, 0.25) is 0 Å². The summed E-state index contributed by atoms with van der Waals surface area (Å²) in [5.74, 6) is 1.28. The van der Waals surface area contributed by atoms with E-state index in [2.05, 4.69) is 30.3 Å². The molecule has 0 saturated carbocycles. The van der Waals surface area contributed by atoms with E-state index >= 15 is 0 Å². The molecule has 7 rings (SSSR count). The predicted molar refractivity (Wildman–Crippen MR) is 184 cm³/mol. The summed E-state index contributed by atoms with van der Waals surface area (Å²) in [6.45, 7) is 8.39. The van der Waals surface area contributed by atoms with E-state index < -0.39 is 10.1 Å². The average molecular weight is 652 g/mol. The summed E-state index contributed by atoms with van der Waals surface area (Å²) in [5, 5.41) is 10.4. The van der Waals surface area contributed by atoms with Gasteiger partial charge in [-0.05, 0) is 50.5 Å². The van der Waals surface area contributed by atoms with E-state index in [4.69, 9.17) is 20.3 Å². The van der Waals surface area contributed by atoms with Gasteiger partial charge in [-0.25, -0.2) is 0 Å². The molecule has 46 heavy (non-hydrogen) atoms. The van der Waals surface area contributed by atoms with Crippen molar-refractivity contribution in [2.24, 2.45) is 0 Å². The summed E-state index contributed by atoms with van der Waals surface area (Å²) in [6, 6.07) is 27.5. The van der Waals surface area contributed by atoms with Gasteiger partial charge < -0.3 is 10.3 Å². The molecule has 0 aliphatic carbocycles. The van der Waals surface area contributed by atoms with E-state index in [9.17, 15) is 13.0 Å².